The predicted molar refractivity (Wildman–Crippen MR) is 123 cm³/mol. The van der Waals surface area contributed by atoms with Gasteiger partial charge in [0.2, 0.25) is 5.91 Å². The summed E-state index contributed by atoms with van der Waals surface area (Å²) in [6.07, 6.45) is 7.46. The summed E-state index contributed by atoms with van der Waals surface area (Å²) in [5.74, 6) is 0.658. The number of carbonyl (C=O) groups is 3. The molecular formula is C25H35N3O4. The number of amides is 3. The van der Waals surface area contributed by atoms with Gasteiger partial charge in [-0.15, -0.1) is 0 Å². The molecule has 3 aliphatic rings. The average molecular weight is 442 g/mol. The van der Waals surface area contributed by atoms with Crippen LogP contribution in [0.15, 0.2) is 18.2 Å². The van der Waals surface area contributed by atoms with E-state index in [4.69, 9.17) is 4.74 Å². The second kappa shape index (κ2) is 9.12. The number of likely N-dealkylation sites (tertiary alicyclic amines) is 1. The molecule has 1 aromatic carbocycles. The zero-order valence-corrected chi connectivity index (χ0v) is 19.5. The molecule has 1 saturated carbocycles. The van der Waals surface area contributed by atoms with Crippen molar-refractivity contribution in [2.75, 3.05) is 24.5 Å². The number of fused-ring (bicyclic) bond motifs is 1. The van der Waals surface area contributed by atoms with Crippen molar-refractivity contribution >= 4 is 23.4 Å². The number of ether oxygens (including phenoxy) is 1. The molecular weight excluding hydrogens is 406 g/mol. The van der Waals surface area contributed by atoms with Crippen molar-refractivity contribution in [3.63, 3.8) is 0 Å². The summed E-state index contributed by atoms with van der Waals surface area (Å²) in [5, 5.41) is 3.12. The highest BCUT2D eigenvalue weighted by molar-refractivity contribution is 6.07. The first-order chi connectivity index (χ1) is 15.2. The van der Waals surface area contributed by atoms with E-state index in [1.165, 1.54) is 11.3 Å². The van der Waals surface area contributed by atoms with Crippen molar-refractivity contribution in [1.82, 2.24) is 10.2 Å². The average Bonchev–Trinajstić information content (AvgIpc) is 2.77. The molecule has 1 aromatic rings. The molecule has 3 amide bonds. The maximum absolute atomic E-state index is 13.2. The third-order valence-corrected chi connectivity index (χ3v) is 7.01. The summed E-state index contributed by atoms with van der Waals surface area (Å²) in [6.45, 7) is 7.02. The maximum atomic E-state index is 13.2. The van der Waals surface area contributed by atoms with E-state index in [9.17, 15) is 14.4 Å². The van der Waals surface area contributed by atoms with Gasteiger partial charge in [0.15, 0.2) is 5.60 Å². The van der Waals surface area contributed by atoms with E-state index in [0.29, 0.717) is 22.9 Å². The van der Waals surface area contributed by atoms with Gasteiger partial charge in [-0.1, -0.05) is 26.2 Å². The number of rotatable bonds is 4. The minimum atomic E-state index is -1.07. The van der Waals surface area contributed by atoms with Gasteiger partial charge < -0.3 is 15.0 Å². The summed E-state index contributed by atoms with van der Waals surface area (Å²) < 4.78 is 5.94. The number of nitrogens with zero attached hydrogens (tertiary/aromatic N) is 2. The van der Waals surface area contributed by atoms with Crippen LogP contribution in [0.2, 0.25) is 0 Å². The topological polar surface area (TPSA) is 79.0 Å². The van der Waals surface area contributed by atoms with Crippen LogP contribution in [0.25, 0.3) is 0 Å². The molecule has 2 heterocycles. The Labute approximate surface area is 190 Å². The van der Waals surface area contributed by atoms with E-state index in [1.54, 1.807) is 32.0 Å². The van der Waals surface area contributed by atoms with Crippen LogP contribution in [0.1, 0.15) is 76.1 Å². The van der Waals surface area contributed by atoms with Crippen LogP contribution in [0, 0.1) is 5.92 Å². The van der Waals surface area contributed by atoms with Gasteiger partial charge in [0.05, 0.1) is 5.69 Å². The smallest absolute Gasteiger partial charge is 0.271 e. The van der Waals surface area contributed by atoms with E-state index in [1.807, 2.05) is 4.90 Å². The molecule has 174 valence electrons. The predicted octanol–water partition coefficient (Wildman–Crippen LogP) is 3.51. The van der Waals surface area contributed by atoms with Crippen LogP contribution in [0.3, 0.4) is 0 Å². The molecule has 2 aliphatic heterocycles. The van der Waals surface area contributed by atoms with Crippen LogP contribution in [0.5, 0.6) is 5.75 Å². The van der Waals surface area contributed by atoms with Crippen molar-refractivity contribution in [3.8, 4) is 5.75 Å². The molecule has 0 atom stereocenters. The molecule has 0 unspecified atom stereocenters. The number of carbonyl (C=O) groups excluding carboxylic acids is 3. The van der Waals surface area contributed by atoms with Crippen LogP contribution in [-0.2, 0) is 9.59 Å². The van der Waals surface area contributed by atoms with E-state index >= 15 is 0 Å². The van der Waals surface area contributed by atoms with Gasteiger partial charge in [-0.2, -0.15) is 0 Å². The minimum Gasteiger partial charge on any atom is -0.476 e. The standard InChI is InChI=1S/C25H35N3O4/c1-17-11-13-27(14-12-17)22(29)16-28-20-15-18(23(30)26-19-7-5-4-6-8-19)9-10-21(20)32-25(2,3)24(28)31/h9-10,15,17,19H,4-8,11-14,16H2,1-3H3,(H,26,30). The van der Waals surface area contributed by atoms with Gasteiger partial charge in [0.1, 0.15) is 12.3 Å². The fourth-order valence-electron chi connectivity index (χ4n) is 4.87. The summed E-state index contributed by atoms with van der Waals surface area (Å²) in [5.41, 5.74) is -0.103. The lowest BCUT2D eigenvalue weighted by Gasteiger charge is -2.40. The van der Waals surface area contributed by atoms with Crippen LogP contribution in [0.4, 0.5) is 5.69 Å². The Hall–Kier alpha value is -2.57. The third-order valence-electron chi connectivity index (χ3n) is 7.01. The van der Waals surface area contributed by atoms with Gasteiger partial charge in [-0.3, -0.25) is 19.3 Å². The molecule has 0 radical (unpaired) electrons. The fraction of sp³-hybridized carbons (Fsp3) is 0.640. The van der Waals surface area contributed by atoms with Gasteiger partial charge >= 0.3 is 0 Å². The van der Waals surface area contributed by atoms with Crippen molar-refractivity contribution in [2.45, 2.75) is 77.4 Å². The van der Waals surface area contributed by atoms with E-state index in [0.717, 1.165) is 51.6 Å². The van der Waals surface area contributed by atoms with Crippen LogP contribution >= 0.6 is 0 Å². The lowest BCUT2D eigenvalue weighted by Crippen LogP contribution is -2.55. The first-order valence-corrected chi connectivity index (χ1v) is 12.0. The molecule has 7 nitrogen and oxygen atoms in total. The van der Waals surface area contributed by atoms with E-state index in [2.05, 4.69) is 12.2 Å². The van der Waals surface area contributed by atoms with Crippen molar-refractivity contribution in [2.24, 2.45) is 5.92 Å². The van der Waals surface area contributed by atoms with Gasteiger partial charge in [0, 0.05) is 24.7 Å². The zero-order chi connectivity index (χ0) is 22.9. The fourth-order valence-corrected chi connectivity index (χ4v) is 4.87. The maximum Gasteiger partial charge on any atom is 0.271 e. The quantitative estimate of drug-likeness (QED) is 0.776. The van der Waals surface area contributed by atoms with Crippen LogP contribution in [-0.4, -0.2) is 53.9 Å². The Morgan fingerprint density at radius 2 is 1.78 bits per heavy atom. The number of hydrogen-bond acceptors (Lipinski definition) is 4. The minimum absolute atomic E-state index is 0.0410. The molecule has 32 heavy (non-hydrogen) atoms. The molecule has 0 bridgehead atoms. The molecule has 1 saturated heterocycles. The molecule has 0 aromatic heterocycles. The van der Waals surface area contributed by atoms with Crippen molar-refractivity contribution < 1.29 is 19.1 Å². The Morgan fingerprint density at radius 1 is 1.09 bits per heavy atom. The summed E-state index contributed by atoms with van der Waals surface area (Å²) in [6, 6.07) is 5.35. The number of nitrogens with one attached hydrogen (secondary N) is 1. The normalized spacial score (nSPS) is 21.7. The number of anilines is 1. The molecule has 4 rings (SSSR count). The Kier molecular flexibility index (Phi) is 6.45. The van der Waals surface area contributed by atoms with E-state index < -0.39 is 5.60 Å². The Morgan fingerprint density at radius 3 is 2.47 bits per heavy atom. The highest BCUT2D eigenvalue weighted by Crippen LogP contribution is 2.38. The monoisotopic (exact) mass is 441 g/mol. The van der Waals surface area contributed by atoms with Gasteiger partial charge in [-0.25, -0.2) is 0 Å². The number of benzene rings is 1. The molecule has 2 fully saturated rings. The lowest BCUT2D eigenvalue weighted by molar-refractivity contribution is -0.137. The number of piperidine rings is 1. The zero-order valence-electron chi connectivity index (χ0n) is 19.5. The SMILES string of the molecule is CC1CCN(C(=O)CN2C(=O)C(C)(C)Oc3ccc(C(=O)NC4CCCCC4)cc32)CC1. The van der Waals surface area contributed by atoms with Gasteiger partial charge in [0.25, 0.3) is 11.8 Å². The highest BCUT2D eigenvalue weighted by Gasteiger charge is 2.42. The summed E-state index contributed by atoms with van der Waals surface area (Å²) in [7, 11) is 0. The second-order valence-electron chi connectivity index (χ2n) is 10.1. The number of hydrogen-bond donors (Lipinski definition) is 1. The summed E-state index contributed by atoms with van der Waals surface area (Å²) >= 11 is 0. The highest BCUT2D eigenvalue weighted by atomic mass is 16.5. The Bertz CT molecular complexity index is 883. The van der Waals surface area contributed by atoms with Crippen molar-refractivity contribution in [3.05, 3.63) is 23.8 Å². The lowest BCUT2D eigenvalue weighted by atomic mass is 9.95. The largest absolute Gasteiger partial charge is 0.476 e. The first kappa shape index (κ1) is 22.6. The molecule has 7 heteroatoms. The van der Waals surface area contributed by atoms with E-state index in [-0.39, 0.29) is 30.3 Å². The third kappa shape index (κ3) is 4.76. The van der Waals surface area contributed by atoms with Gasteiger partial charge in [-0.05, 0) is 63.6 Å². The summed E-state index contributed by atoms with van der Waals surface area (Å²) in [4.78, 5) is 42.5. The molecule has 0 spiro atoms. The molecule has 1 aliphatic carbocycles. The first-order valence-electron chi connectivity index (χ1n) is 12.0. The second-order valence-corrected chi connectivity index (χ2v) is 10.1. The molecule has 1 N–H and O–H groups in total. The Balaban J connectivity index is 1.55. The van der Waals surface area contributed by atoms with Crippen LogP contribution < -0.4 is 15.0 Å². The van der Waals surface area contributed by atoms with Crippen molar-refractivity contribution in [1.29, 1.82) is 0 Å².